The first-order valence-electron chi connectivity index (χ1n) is 9.60. The van der Waals surface area contributed by atoms with Crippen LogP contribution in [-0.4, -0.2) is 27.5 Å². The molecule has 0 aliphatic rings. The third kappa shape index (κ3) is 6.32. The SMILES string of the molecule is O=C(NCc1ccccc1)C(=Cc1cnn(CCCl)c1)C(=O)NCc1ccccc1. The van der Waals surface area contributed by atoms with Crippen LogP contribution in [0.2, 0.25) is 0 Å². The first-order chi connectivity index (χ1) is 14.7. The second-order valence-corrected chi connectivity index (χ2v) is 7.00. The largest absolute Gasteiger partial charge is 0.348 e. The second-order valence-electron chi connectivity index (χ2n) is 6.62. The molecule has 6 nitrogen and oxygen atoms in total. The lowest BCUT2D eigenvalue weighted by Crippen LogP contribution is -2.34. The zero-order valence-corrected chi connectivity index (χ0v) is 17.2. The number of nitrogens with one attached hydrogen (secondary N) is 2. The van der Waals surface area contributed by atoms with E-state index in [0.717, 1.165) is 11.1 Å². The summed E-state index contributed by atoms with van der Waals surface area (Å²) in [6.45, 7) is 1.20. The van der Waals surface area contributed by atoms with Crippen molar-refractivity contribution in [2.45, 2.75) is 19.6 Å². The molecule has 0 radical (unpaired) electrons. The van der Waals surface area contributed by atoms with Gasteiger partial charge in [-0.3, -0.25) is 14.3 Å². The summed E-state index contributed by atoms with van der Waals surface area (Å²) in [5, 5.41) is 9.82. The van der Waals surface area contributed by atoms with Crippen LogP contribution in [0.4, 0.5) is 0 Å². The van der Waals surface area contributed by atoms with Crippen molar-refractivity contribution in [1.29, 1.82) is 0 Å². The van der Waals surface area contributed by atoms with E-state index in [1.54, 1.807) is 23.2 Å². The molecule has 0 atom stereocenters. The van der Waals surface area contributed by atoms with Gasteiger partial charge in [-0.2, -0.15) is 5.10 Å². The van der Waals surface area contributed by atoms with Gasteiger partial charge in [0.15, 0.2) is 0 Å². The number of carbonyl (C=O) groups is 2. The van der Waals surface area contributed by atoms with Gasteiger partial charge in [0.1, 0.15) is 5.57 Å². The Balaban J connectivity index is 1.74. The summed E-state index contributed by atoms with van der Waals surface area (Å²) in [6.07, 6.45) is 4.89. The Hall–Kier alpha value is -3.38. The van der Waals surface area contributed by atoms with Crippen molar-refractivity contribution < 1.29 is 9.59 Å². The van der Waals surface area contributed by atoms with Gasteiger partial charge in [0.2, 0.25) is 0 Å². The van der Waals surface area contributed by atoms with E-state index in [1.807, 2.05) is 60.7 Å². The normalized spacial score (nSPS) is 10.3. The molecule has 0 aliphatic carbocycles. The number of rotatable bonds is 9. The van der Waals surface area contributed by atoms with Crippen molar-refractivity contribution in [1.82, 2.24) is 20.4 Å². The van der Waals surface area contributed by atoms with Crippen molar-refractivity contribution >= 4 is 29.5 Å². The fourth-order valence-electron chi connectivity index (χ4n) is 2.81. The molecular weight excluding hydrogens is 400 g/mol. The Morgan fingerprint density at radius 3 is 1.93 bits per heavy atom. The summed E-state index contributed by atoms with van der Waals surface area (Å²) in [7, 11) is 0. The van der Waals surface area contributed by atoms with E-state index in [0.29, 0.717) is 31.1 Å². The molecule has 1 aromatic heterocycles. The maximum atomic E-state index is 12.8. The van der Waals surface area contributed by atoms with Gasteiger partial charge in [0.05, 0.1) is 12.7 Å². The first-order valence-corrected chi connectivity index (χ1v) is 10.1. The molecule has 3 rings (SSSR count). The molecule has 0 saturated carbocycles. The Labute approximate surface area is 180 Å². The maximum Gasteiger partial charge on any atom is 0.257 e. The summed E-state index contributed by atoms with van der Waals surface area (Å²) in [6, 6.07) is 19.1. The van der Waals surface area contributed by atoms with Crippen LogP contribution < -0.4 is 10.6 Å². The fourth-order valence-corrected chi connectivity index (χ4v) is 2.98. The van der Waals surface area contributed by atoms with Crippen LogP contribution in [0.5, 0.6) is 0 Å². The number of hydrogen-bond donors (Lipinski definition) is 2. The molecule has 7 heteroatoms. The second kappa shape index (κ2) is 11.0. The van der Waals surface area contributed by atoms with Crippen LogP contribution in [0.15, 0.2) is 78.6 Å². The fraction of sp³-hybridized carbons (Fsp3) is 0.174. The van der Waals surface area contributed by atoms with E-state index < -0.39 is 11.8 Å². The molecule has 30 heavy (non-hydrogen) atoms. The molecule has 0 bridgehead atoms. The number of aryl methyl sites for hydroxylation is 1. The lowest BCUT2D eigenvalue weighted by molar-refractivity contribution is -0.123. The summed E-state index contributed by atoms with van der Waals surface area (Å²) >= 11 is 5.75. The van der Waals surface area contributed by atoms with Crippen molar-refractivity contribution in [3.8, 4) is 0 Å². The summed E-state index contributed by atoms with van der Waals surface area (Å²) < 4.78 is 1.67. The molecule has 154 valence electrons. The summed E-state index contributed by atoms with van der Waals surface area (Å²) in [5.41, 5.74) is 2.57. The van der Waals surface area contributed by atoms with Crippen molar-refractivity contribution in [2.75, 3.05) is 5.88 Å². The molecule has 2 aromatic carbocycles. The minimum absolute atomic E-state index is 0.0206. The molecule has 2 N–H and O–H groups in total. The number of benzene rings is 2. The number of carbonyl (C=O) groups excluding carboxylic acids is 2. The molecule has 3 aromatic rings. The minimum atomic E-state index is -0.450. The Morgan fingerprint density at radius 1 is 0.900 bits per heavy atom. The zero-order chi connectivity index (χ0) is 21.2. The predicted molar refractivity (Wildman–Crippen MR) is 118 cm³/mol. The standard InChI is InChI=1S/C23H23ClN4O2/c24-11-12-28-17-20(16-27-28)13-21(22(29)25-14-18-7-3-1-4-8-18)23(30)26-15-19-9-5-2-6-10-19/h1-10,13,16-17H,11-12,14-15H2,(H,25,29)(H,26,30). The molecule has 0 unspecified atom stereocenters. The van der Waals surface area contributed by atoms with E-state index in [4.69, 9.17) is 11.6 Å². The molecular formula is C23H23ClN4O2. The van der Waals surface area contributed by atoms with Crippen LogP contribution in [0.25, 0.3) is 6.08 Å². The molecule has 0 aliphatic heterocycles. The third-order valence-electron chi connectivity index (χ3n) is 4.36. The lowest BCUT2D eigenvalue weighted by Gasteiger charge is -2.10. The molecule has 0 saturated heterocycles. The van der Waals surface area contributed by atoms with Crippen LogP contribution in [-0.2, 0) is 29.2 Å². The van der Waals surface area contributed by atoms with Gasteiger partial charge in [-0.1, -0.05) is 60.7 Å². The minimum Gasteiger partial charge on any atom is -0.348 e. The average molecular weight is 423 g/mol. The Morgan fingerprint density at radius 2 is 1.43 bits per heavy atom. The predicted octanol–water partition coefficient (Wildman–Crippen LogP) is 3.14. The van der Waals surface area contributed by atoms with Crippen LogP contribution in [0.3, 0.4) is 0 Å². The monoisotopic (exact) mass is 422 g/mol. The summed E-state index contributed by atoms with van der Waals surface area (Å²) in [4.78, 5) is 25.6. The number of halogens is 1. The van der Waals surface area contributed by atoms with Crippen LogP contribution in [0.1, 0.15) is 16.7 Å². The van der Waals surface area contributed by atoms with Gasteiger partial charge in [0, 0.05) is 30.7 Å². The van der Waals surface area contributed by atoms with E-state index in [1.165, 1.54) is 0 Å². The van der Waals surface area contributed by atoms with Gasteiger partial charge in [-0.05, 0) is 17.2 Å². The van der Waals surface area contributed by atoms with E-state index in [9.17, 15) is 9.59 Å². The molecule has 1 heterocycles. The van der Waals surface area contributed by atoms with Crippen LogP contribution in [0, 0.1) is 0 Å². The van der Waals surface area contributed by atoms with E-state index in [-0.39, 0.29) is 5.57 Å². The van der Waals surface area contributed by atoms with Crippen LogP contribution >= 0.6 is 11.6 Å². The highest BCUT2D eigenvalue weighted by molar-refractivity contribution is 6.21. The van der Waals surface area contributed by atoms with Crippen molar-refractivity contribution in [3.05, 3.63) is 95.3 Å². The zero-order valence-electron chi connectivity index (χ0n) is 16.4. The first kappa shape index (κ1) is 21.3. The van der Waals surface area contributed by atoms with Crippen molar-refractivity contribution in [3.63, 3.8) is 0 Å². The van der Waals surface area contributed by atoms with Gasteiger partial charge in [-0.25, -0.2) is 0 Å². The van der Waals surface area contributed by atoms with E-state index >= 15 is 0 Å². The molecule has 0 spiro atoms. The highest BCUT2D eigenvalue weighted by Crippen LogP contribution is 2.09. The maximum absolute atomic E-state index is 12.8. The topological polar surface area (TPSA) is 76.0 Å². The van der Waals surface area contributed by atoms with Crippen molar-refractivity contribution in [2.24, 2.45) is 0 Å². The molecule has 0 fully saturated rings. The number of alkyl halides is 1. The van der Waals surface area contributed by atoms with E-state index in [2.05, 4.69) is 15.7 Å². The third-order valence-corrected chi connectivity index (χ3v) is 4.53. The smallest absolute Gasteiger partial charge is 0.257 e. The average Bonchev–Trinajstić information content (AvgIpc) is 3.23. The Kier molecular flexibility index (Phi) is 7.80. The number of hydrogen-bond acceptors (Lipinski definition) is 3. The van der Waals surface area contributed by atoms with Gasteiger partial charge < -0.3 is 10.6 Å². The number of nitrogens with zero attached hydrogens (tertiary/aromatic N) is 2. The summed E-state index contributed by atoms with van der Waals surface area (Å²) in [5.74, 6) is -0.476. The van der Waals surface area contributed by atoms with Gasteiger partial charge in [0.25, 0.3) is 11.8 Å². The quantitative estimate of drug-likeness (QED) is 0.241. The Bertz CT molecular complexity index is 943. The van der Waals surface area contributed by atoms with Gasteiger partial charge >= 0.3 is 0 Å². The number of amides is 2. The number of aromatic nitrogens is 2. The van der Waals surface area contributed by atoms with Gasteiger partial charge in [-0.15, -0.1) is 11.6 Å². The highest BCUT2D eigenvalue weighted by atomic mass is 35.5. The highest BCUT2D eigenvalue weighted by Gasteiger charge is 2.18. The lowest BCUT2D eigenvalue weighted by atomic mass is 10.1. The molecule has 2 amide bonds.